The van der Waals surface area contributed by atoms with Crippen LogP contribution < -0.4 is 15.4 Å². The van der Waals surface area contributed by atoms with Gasteiger partial charge in [0.15, 0.2) is 5.82 Å². The molecule has 2 aromatic rings. The average molecular weight is 289 g/mol. The second-order valence-electron chi connectivity index (χ2n) is 4.62. The summed E-state index contributed by atoms with van der Waals surface area (Å²) in [6.07, 6.45) is 0.377. The summed E-state index contributed by atoms with van der Waals surface area (Å²) in [4.78, 5) is 11.7. The second-order valence-corrected chi connectivity index (χ2v) is 4.62. The number of aryl methyl sites for hydroxylation is 1. The van der Waals surface area contributed by atoms with E-state index >= 15 is 0 Å². The first kappa shape index (κ1) is 14.9. The Morgan fingerprint density at radius 2 is 2.10 bits per heavy atom. The van der Waals surface area contributed by atoms with Crippen LogP contribution in [0.5, 0.6) is 5.75 Å². The first-order valence-corrected chi connectivity index (χ1v) is 6.74. The number of carbonyl (C=O) groups is 1. The van der Waals surface area contributed by atoms with Gasteiger partial charge in [0.25, 0.3) is 0 Å². The zero-order valence-electron chi connectivity index (χ0n) is 12.2. The lowest BCUT2D eigenvalue weighted by atomic mass is 10.2. The molecule has 0 unspecified atom stereocenters. The van der Waals surface area contributed by atoms with E-state index in [4.69, 9.17) is 9.26 Å². The smallest absolute Gasteiger partial charge is 0.222 e. The molecule has 21 heavy (non-hydrogen) atoms. The molecule has 6 nitrogen and oxygen atoms in total. The molecule has 2 N–H and O–H groups in total. The van der Waals surface area contributed by atoms with Crippen LogP contribution in [-0.4, -0.2) is 24.7 Å². The molecule has 0 atom stereocenters. The van der Waals surface area contributed by atoms with Crippen LogP contribution in [0, 0.1) is 6.92 Å². The van der Waals surface area contributed by atoms with Crippen LogP contribution in [-0.2, 0) is 11.3 Å². The monoisotopic (exact) mass is 289 g/mol. The summed E-state index contributed by atoms with van der Waals surface area (Å²) in [5.74, 6) is 2.17. The summed E-state index contributed by atoms with van der Waals surface area (Å²) < 4.78 is 10.0. The molecular weight excluding hydrogens is 270 g/mol. The molecule has 1 amide bonds. The predicted molar refractivity (Wildman–Crippen MR) is 79.2 cm³/mol. The van der Waals surface area contributed by atoms with Crippen molar-refractivity contribution in [1.29, 1.82) is 0 Å². The van der Waals surface area contributed by atoms with Crippen molar-refractivity contribution in [2.75, 3.05) is 19.0 Å². The van der Waals surface area contributed by atoms with Crippen molar-refractivity contribution in [3.05, 3.63) is 41.7 Å². The van der Waals surface area contributed by atoms with Crippen molar-refractivity contribution in [2.45, 2.75) is 19.9 Å². The number of anilines is 1. The van der Waals surface area contributed by atoms with Gasteiger partial charge < -0.3 is 19.9 Å². The molecule has 6 heteroatoms. The van der Waals surface area contributed by atoms with E-state index in [0.29, 0.717) is 25.3 Å². The number of nitrogens with zero attached hydrogens (tertiary/aromatic N) is 1. The molecule has 1 heterocycles. The highest BCUT2D eigenvalue weighted by Crippen LogP contribution is 2.11. The summed E-state index contributed by atoms with van der Waals surface area (Å²) in [6, 6.07) is 9.38. The molecule has 0 aliphatic rings. The maximum atomic E-state index is 11.7. The molecule has 0 spiro atoms. The molecule has 0 fully saturated rings. The molecule has 0 aliphatic carbocycles. The highest BCUT2D eigenvalue weighted by Gasteiger charge is 2.03. The Morgan fingerprint density at radius 3 is 2.71 bits per heavy atom. The third kappa shape index (κ3) is 4.83. The van der Waals surface area contributed by atoms with Crippen molar-refractivity contribution in [3.63, 3.8) is 0 Å². The number of amides is 1. The highest BCUT2D eigenvalue weighted by molar-refractivity contribution is 5.76. The standard InChI is InChI=1S/C15H19N3O3/c1-11-9-14(18-21-11)16-8-7-15(19)17-10-12-3-5-13(20-2)6-4-12/h3-6,9H,7-8,10H2,1-2H3,(H,16,18)(H,17,19). The molecule has 0 radical (unpaired) electrons. The Hall–Kier alpha value is -2.50. The second kappa shape index (κ2) is 7.33. The largest absolute Gasteiger partial charge is 0.497 e. The molecule has 1 aromatic carbocycles. The van der Waals surface area contributed by atoms with Crippen molar-refractivity contribution in [2.24, 2.45) is 0 Å². The third-order valence-corrected chi connectivity index (χ3v) is 2.93. The molecule has 1 aromatic heterocycles. The van der Waals surface area contributed by atoms with Crippen LogP contribution in [0.1, 0.15) is 17.7 Å². The molecule has 0 bridgehead atoms. The SMILES string of the molecule is COc1ccc(CNC(=O)CCNc2cc(C)on2)cc1. The fraction of sp³-hybridized carbons (Fsp3) is 0.333. The maximum Gasteiger partial charge on any atom is 0.222 e. The molecule has 0 aliphatic heterocycles. The minimum absolute atomic E-state index is 0.0152. The zero-order chi connectivity index (χ0) is 15.1. The van der Waals surface area contributed by atoms with Gasteiger partial charge in [-0.3, -0.25) is 4.79 Å². The Morgan fingerprint density at radius 1 is 1.33 bits per heavy atom. The van der Waals surface area contributed by atoms with E-state index in [1.807, 2.05) is 31.2 Å². The topological polar surface area (TPSA) is 76.4 Å². The Balaban J connectivity index is 1.67. The van der Waals surface area contributed by atoms with E-state index in [9.17, 15) is 4.79 Å². The van der Waals surface area contributed by atoms with Crippen LogP contribution in [0.15, 0.2) is 34.9 Å². The number of carbonyl (C=O) groups excluding carboxylic acids is 1. The fourth-order valence-corrected chi connectivity index (χ4v) is 1.79. The number of aromatic nitrogens is 1. The Labute approximate surface area is 123 Å². The van der Waals surface area contributed by atoms with Crippen molar-refractivity contribution < 1.29 is 14.1 Å². The van der Waals surface area contributed by atoms with Gasteiger partial charge in [-0.2, -0.15) is 0 Å². The van der Waals surface area contributed by atoms with E-state index in [0.717, 1.165) is 17.1 Å². The van der Waals surface area contributed by atoms with E-state index in [2.05, 4.69) is 15.8 Å². The maximum absolute atomic E-state index is 11.7. The van der Waals surface area contributed by atoms with Crippen LogP contribution >= 0.6 is 0 Å². The van der Waals surface area contributed by atoms with Gasteiger partial charge in [-0.15, -0.1) is 0 Å². The lowest BCUT2D eigenvalue weighted by molar-refractivity contribution is -0.121. The van der Waals surface area contributed by atoms with Gasteiger partial charge in [-0.1, -0.05) is 17.3 Å². The molecule has 0 saturated carbocycles. The third-order valence-electron chi connectivity index (χ3n) is 2.93. The summed E-state index contributed by atoms with van der Waals surface area (Å²) >= 11 is 0. The molecule has 112 valence electrons. The first-order chi connectivity index (χ1) is 10.2. The summed E-state index contributed by atoms with van der Waals surface area (Å²) in [5, 5.41) is 9.68. The Bertz CT molecular complexity index is 578. The van der Waals surface area contributed by atoms with Gasteiger partial charge >= 0.3 is 0 Å². The minimum Gasteiger partial charge on any atom is -0.497 e. The van der Waals surface area contributed by atoms with Crippen LogP contribution in [0.4, 0.5) is 5.82 Å². The number of ether oxygens (including phenoxy) is 1. The van der Waals surface area contributed by atoms with Gasteiger partial charge in [-0.25, -0.2) is 0 Å². The van der Waals surface area contributed by atoms with Crippen LogP contribution in [0.3, 0.4) is 0 Å². The summed E-state index contributed by atoms with van der Waals surface area (Å²) in [6.45, 7) is 2.84. The van der Waals surface area contributed by atoms with E-state index in [1.165, 1.54) is 0 Å². The molecule has 0 saturated heterocycles. The van der Waals surface area contributed by atoms with Crippen molar-refractivity contribution >= 4 is 11.7 Å². The van der Waals surface area contributed by atoms with Crippen molar-refractivity contribution in [1.82, 2.24) is 10.5 Å². The normalized spacial score (nSPS) is 10.2. The van der Waals surface area contributed by atoms with Crippen molar-refractivity contribution in [3.8, 4) is 5.75 Å². The average Bonchev–Trinajstić information content (AvgIpc) is 2.91. The minimum atomic E-state index is -0.0152. The molecular formula is C15H19N3O3. The summed E-state index contributed by atoms with van der Waals surface area (Å²) in [5.41, 5.74) is 1.03. The Kier molecular flexibility index (Phi) is 5.20. The highest BCUT2D eigenvalue weighted by atomic mass is 16.5. The number of methoxy groups -OCH3 is 1. The van der Waals surface area contributed by atoms with Gasteiger partial charge in [0.1, 0.15) is 11.5 Å². The van der Waals surface area contributed by atoms with Crippen LogP contribution in [0.25, 0.3) is 0 Å². The van der Waals surface area contributed by atoms with E-state index < -0.39 is 0 Å². The molecule has 2 rings (SSSR count). The van der Waals surface area contributed by atoms with Gasteiger partial charge in [0.05, 0.1) is 7.11 Å². The lowest BCUT2D eigenvalue weighted by Gasteiger charge is -2.06. The van der Waals surface area contributed by atoms with E-state index in [1.54, 1.807) is 13.2 Å². The van der Waals surface area contributed by atoms with E-state index in [-0.39, 0.29) is 5.91 Å². The van der Waals surface area contributed by atoms with Gasteiger partial charge in [0, 0.05) is 25.6 Å². The zero-order valence-corrected chi connectivity index (χ0v) is 12.2. The lowest BCUT2D eigenvalue weighted by Crippen LogP contribution is -2.24. The number of hydrogen-bond acceptors (Lipinski definition) is 5. The first-order valence-electron chi connectivity index (χ1n) is 6.74. The number of benzene rings is 1. The number of hydrogen-bond donors (Lipinski definition) is 2. The number of rotatable bonds is 7. The fourth-order valence-electron chi connectivity index (χ4n) is 1.79. The van der Waals surface area contributed by atoms with Gasteiger partial charge in [-0.05, 0) is 24.6 Å². The number of nitrogens with one attached hydrogen (secondary N) is 2. The van der Waals surface area contributed by atoms with Gasteiger partial charge in [0.2, 0.25) is 5.91 Å². The van der Waals surface area contributed by atoms with Crippen LogP contribution in [0.2, 0.25) is 0 Å². The predicted octanol–water partition coefficient (Wildman–Crippen LogP) is 2.11. The summed E-state index contributed by atoms with van der Waals surface area (Å²) in [7, 11) is 1.63. The quantitative estimate of drug-likeness (QED) is 0.816.